The molecule has 2 aliphatic rings. The molecule has 1 aliphatic heterocycles. The van der Waals surface area contributed by atoms with Crippen LogP contribution in [0, 0.1) is 13.8 Å². The van der Waals surface area contributed by atoms with Crippen molar-refractivity contribution in [3.63, 3.8) is 0 Å². The van der Waals surface area contributed by atoms with E-state index in [9.17, 15) is 0 Å². The molecule has 1 saturated carbocycles. The number of nitrogens with zero attached hydrogens (tertiary/aromatic N) is 3. The molecule has 0 radical (unpaired) electrons. The topological polar surface area (TPSA) is 41.7 Å². The summed E-state index contributed by atoms with van der Waals surface area (Å²) in [4.78, 5) is 6.08. The number of thiophene rings is 1. The average molecular weight is 395 g/mol. The van der Waals surface area contributed by atoms with Gasteiger partial charge in [0.15, 0.2) is 5.17 Å². The second kappa shape index (κ2) is 7.98. The summed E-state index contributed by atoms with van der Waals surface area (Å²) in [6.07, 6.45) is 3.55. The third kappa shape index (κ3) is 4.30. The Bertz CT molecular complexity index is 788. The number of hydrogen-bond acceptors (Lipinski definition) is 4. The fourth-order valence-electron chi connectivity index (χ4n) is 3.00. The summed E-state index contributed by atoms with van der Waals surface area (Å²) in [5.74, 6) is 0.897. The summed E-state index contributed by atoms with van der Waals surface area (Å²) in [5.41, 5.74) is 8.16. The molecule has 1 aliphatic carbocycles. The van der Waals surface area contributed by atoms with Crippen molar-refractivity contribution in [2.75, 3.05) is 5.75 Å². The fourth-order valence-corrected chi connectivity index (χ4v) is 4.53. The first-order valence-electron chi connectivity index (χ1n) is 8.43. The van der Waals surface area contributed by atoms with Crippen LogP contribution in [0.2, 0.25) is 0 Å². The standard InChI is InChI=1S/C18H22N4S2.ClH/c1-12-10-16(13(2)22(12)8-7-15-4-3-9-23-15)17-11-24-18(21-20-17)19-14-5-6-14;/h3-4,9-10,14H,5-8,11H2,1-2H3,(H,19,21);1H. The Kier molecular flexibility index (Phi) is 5.92. The van der Waals surface area contributed by atoms with Gasteiger partial charge in [0.2, 0.25) is 0 Å². The van der Waals surface area contributed by atoms with Gasteiger partial charge in [-0.3, -0.25) is 10.4 Å². The largest absolute Gasteiger partial charge is 0.348 e. The Hall–Kier alpha value is -1.24. The van der Waals surface area contributed by atoms with Gasteiger partial charge >= 0.3 is 0 Å². The quantitative estimate of drug-likeness (QED) is 0.817. The number of aromatic nitrogens is 1. The van der Waals surface area contributed by atoms with Crippen LogP contribution in [0.15, 0.2) is 33.7 Å². The van der Waals surface area contributed by atoms with Gasteiger partial charge in [0.1, 0.15) is 0 Å². The number of thioether (sulfide) groups is 1. The number of aryl methyl sites for hydroxylation is 2. The number of halogens is 1. The second-order valence-electron chi connectivity index (χ2n) is 6.39. The highest BCUT2D eigenvalue weighted by Gasteiger charge is 2.23. The highest BCUT2D eigenvalue weighted by atomic mass is 35.5. The minimum Gasteiger partial charge on any atom is -0.348 e. The summed E-state index contributed by atoms with van der Waals surface area (Å²) < 4.78 is 2.41. The van der Waals surface area contributed by atoms with Crippen LogP contribution < -0.4 is 5.43 Å². The van der Waals surface area contributed by atoms with Gasteiger partial charge in [0, 0.05) is 34.1 Å². The van der Waals surface area contributed by atoms with Crippen molar-refractivity contribution in [2.45, 2.75) is 45.7 Å². The number of hydrogen-bond donors (Lipinski definition) is 1. The molecule has 0 unspecified atom stereocenters. The van der Waals surface area contributed by atoms with E-state index in [2.05, 4.69) is 57.5 Å². The van der Waals surface area contributed by atoms with Gasteiger partial charge in [-0.05, 0) is 50.6 Å². The zero-order valence-electron chi connectivity index (χ0n) is 14.5. The zero-order chi connectivity index (χ0) is 16.5. The van der Waals surface area contributed by atoms with E-state index in [0.717, 1.165) is 29.6 Å². The molecule has 4 rings (SSSR count). The molecule has 0 atom stereocenters. The molecule has 2 aromatic heterocycles. The summed E-state index contributed by atoms with van der Waals surface area (Å²) in [5, 5.41) is 7.72. The molecule has 1 N–H and O–H groups in total. The predicted octanol–water partition coefficient (Wildman–Crippen LogP) is 4.39. The second-order valence-corrected chi connectivity index (χ2v) is 8.39. The van der Waals surface area contributed by atoms with Crippen LogP contribution in [-0.2, 0) is 13.0 Å². The summed E-state index contributed by atoms with van der Waals surface area (Å²) in [6, 6.07) is 7.15. The van der Waals surface area contributed by atoms with Crippen LogP contribution in [0.3, 0.4) is 0 Å². The Morgan fingerprint density at radius 3 is 2.84 bits per heavy atom. The van der Waals surface area contributed by atoms with Gasteiger partial charge in [-0.1, -0.05) is 17.8 Å². The lowest BCUT2D eigenvalue weighted by Crippen LogP contribution is -2.26. The van der Waals surface area contributed by atoms with E-state index in [4.69, 9.17) is 0 Å². The van der Waals surface area contributed by atoms with Crippen LogP contribution in [0.5, 0.6) is 0 Å². The molecular weight excluding hydrogens is 372 g/mol. The van der Waals surface area contributed by atoms with Crippen LogP contribution in [-0.4, -0.2) is 27.2 Å². The number of hydrazone groups is 1. The minimum absolute atomic E-state index is 0. The van der Waals surface area contributed by atoms with Crippen LogP contribution in [0.1, 0.15) is 34.7 Å². The van der Waals surface area contributed by atoms with Crippen molar-refractivity contribution in [3.8, 4) is 0 Å². The number of rotatable bonds is 5. The molecule has 0 amide bonds. The zero-order valence-corrected chi connectivity index (χ0v) is 16.9. The van der Waals surface area contributed by atoms with Gasteiger partial charge < -0.3 is 4.57 Å². The predicted molar refractivity (Wildman–Crippen MR) is 112 cm³/mol. The lowest BCUT2D eigenvalue weighted by atomic mass is 10.1. The van der Waals surface area contributed by atoms with E-state index in [1.165, 1.54) is 34.7 Å². The number of nitrogens with one attached hydrogen (secondary N) is 1. The van der Waals surface area contributed by atoms with Gasteiger partial charge in [-0.25, -0.2) is 0 Å². The maximum Gasteiger partial charge on any atom is 0.177 e. The molecule has 0 saturated heterocycles. The maximum absolute atomic E-state index is 4.64. The Balaban J connectivity index is 0.00000182. The van der Waals surface area contributed by atoms with E-state index >= 15 is 0 Å². The lowest BCUT2D eigenvalue weighted by Gasteiger charge is -2.15. The molecule has 1 fully saturated rings. The van der Waals surface area contributed by atoms with Gasteiger partial charge in [-0.15, -0.1) is 23.7 Å². The molecule has 0 aromatic carbocycles. The summed E-state index contributed by atoms with van der Waals surface area (Å²) in [6.45, 7) is 5.42. The molecule has 2 aromatic rings. The van der Waals surface area contributed by atoms with Crippen molar-refractivity contribution >= 4 is 46.4 Å². The normalized spacial score (nSPS) is 18.6. The summed E-state index contributed by atoms with van der Waals surface area (Å²) >= 11 is 3.61. The molecule has 3 heterocycles. The minimum atomic E-state index is 0. The van der Waals surface area contributed by atoms with Crippen LogP contribution >= 0.6 is 35.5 Å². The van der Waals surface area contributed by atoms with Crippen molar-refractivity contribution in [2.24, 2.45) is 10.1 Å². The average Bonchev–Trinajstić information content (AvgIpc) is 3.15. The molecule has 0 spiro atoms. The number of amidine groups is 1. The van der Waals surface area contributed by atoms with E-state index < -0.39 is 0 Å². The fraction of sp³-hybridized carbons (Fsp3) is 0.444. The lowest BCUT2D eigenvalue weighted by molar-refractivity contribution is 0.668. The highest BCUT2D eigenvalue weighted by molar-refractivity contribution is 8.14. The first-order valence-corrected chi connectivity index (χ1v) is 10.3. The molecule has 25 heavy (non-hydrogen) atoms. The number of aliphatic imine (C=N–C) groups is 1. The van der Waals surface area contributed by atoms with Crippen molar-refractivity contribution in [1.82, 2.24) is 9.99 Å². The SMILES string of the molecule is Cc1cc(C2=NNC(=NC3CC3)SC2)c(C)n1CCc1cccs1.Cl. The maximum atomic E-state index is 4.64. The van der Waals surface area contributed by atoms with Crippen molar-refractivity contribution in [1.29, 1.82) is 0 Å². The van der Waals surface area contributed by atoms with E-state index in [1.807, 2.05) is 11.3 Å². The van der Waals surface area contributed by atoms with Crippen LogP contribution in [0.25, 0.3) is 0 Å². The third-order valence-corrected chi connectivity index (χ3v) is 6.35. The molecule has 4 nitrogen and oxygen atoms in total. The van der Waals surface area contributed by atoms with E-state index in [1.54, 1.807) is 11.8 Å². The van der Waals surface area contributed by atoms with Crippen molar-refractivity contribution < 1.29 is 0 Å². The molecule has 134 valence electrons. The molecule has 0 bridgehead atoms. The van der Waals surface area contributed by atoms with E-state index in [0.29, 0.717) is 6.04 Å². The van der Waals surface area contributed by atoms with Gasteiger partial charge in [0.05, 0.1) is 11.8 Å². The van der Waals surface area contributed by atoms with E-state index in [-0.39, 0.29) is 12.4 Å². The Morgan fingerprint density at radius 1 is 1.36 bits per heavy atom. The molecule has 7 heteroatoms. The first kappa shape index (κ1) is 18.5. The van der Waals surface area contributed by atoms with Crippen LogP contribution in [0.4, 0.5) is 0 Å². The first-order chi connectivity index (χ1) is 11.7. The smallest absolute Gasteiger partial charge is 0.177 e. The Morgan fingerprint density at radius 2 is 2.20 bits per heavy atom. The Labute approximate surface area is 163 Å². The molecular formula is C18H23ClN4S2. The third-order valence-electron chi connectivity index (χ3n) is 4.53. The van der Waals surface area contributed by atoms with Gasteiger partial charge in [0.25, 0.3) is 0 Å². The van der Waals surface area contributed by atoms with Crippen molar-refractivity contribution in [3.05, 3.63) is 45.4 Å². The highest BCUT2D eigenvalue weighted by Crippen LogP contribution is 2.26. The monoisotopic (exact) mass is 394 g/mol. The van der Waals surface area contributed by atoms with Gasteiger partial charge in [-0.2, -0.15) is 5.10 Å². The summed E-state index contributed by atoms with van der Waals surface area (Å²) in [7, 11) is 0.